The highest BCUT2D eigenvalue weighted by atomic mass is 79.9. The fourth-order valence-corrected chi connectivity index (χ4v) is 7.89. The number of nitrogens with zero attached hydrogens (tertiary/aromatic N) is 1. The number of hydrogen-bond donors (Lipinski definition) is 0. The van der Waals surface area contributed by atoms with E-state index in [1.807, 2.05) is 31.3 Å². The summed E-state index contributed by atoms with van der Waals surface area (Å²) in [5.41, 5.74) is 4.98. The number of allylic oxidation sites excluding steroid dienone is 3. The van der Waals surface area contributed by atoms with Crippen molar-refractivity contribution in [1.82, 2.24) is 4.31 Å². The Labute approximate surface area is 187 Å². The van der Waals surface area contributed by atoms with Gasteiger partial charge < -0.3 is 0 Å². The Morgan fingerprint density at radius 3 is 2.40 bits per heavy atom. The Hall–Kier alpha value is -1.85. The highest BCUT2D eigenvalue weighted by molar-refractivity contribution is 9.10. The number of hydrogen-bond acceptors (Lipinski definition) is 2. The Kier molecular flexibility index (Phi) is 4.40. The lowest BCUT2D eigenvalue weighted by Gasteiger charge is -2.35. The van der Waals surface area contributed by atoms with Crippen molar-refractivity contribution in [2.24, 2.45) is 11.3 Å². The van der Waals surface area contributed by atoms with Gasteiger partial charge in [-0.3, -0.25) is 4.31 Å². The van der Waals surface area contributed by atoms with E-state index in [2.05, 4.69) is 54.1 Å². The molecule has 1 aliphatic heterocycles. The number of fused-ring (bicyclic) bond motifs is 1. The fraction of sp³-hybridized carbons (Fsp3) is 0.360. The lowest BCUT2D eigenvalue weighted by Crippen LogP contribution is -2.39. The maximum Gasteiger partial charge on any atom is 0.263 e. The molecule has 5 rings (SSSR count). The van der Waals surface area contributed by atoms with Gasteiger partial charge in [-0.1, -0.05) is 69.0 Å². The molecule has 2 aromatic carbocycles. The summed E-state index contributed by atoms with van der Waals surface area (Å²) in [5, 5.41) is 0. The number of rotatable bonds is 3. The minimum absolute atomic E-state index is 0.0903. The average Bonchev–Trinajstić information content (AvgIpc) is 3.30. The summed E-state index contributed by atoms with van der Waals surface area (Å²) in [6.45, 7) is 6.93. The van der Waals surface area contributed by atoms with Crippen LogP contribution in [0.3, 0.4) is 0 Å². The van der Waals surface area contributed by atoms with Crippen molar-refractivity contribution in [3.8, 4) is 0 Å². The molecule has 5 heteroatoms. The van der Waals surface area contributed by atoms with Crippen molar-refractivity contribution in [1.29, 1.82) is 0 Å². The van der Waals surface area contributed by atoms with Crippen molar-refractivity contribution in [2.45, 2.75) is 43.9 Å². The molecule has 0 bridgehead atoms. The molecule has 30 heavy (non-hydrogen) atoms. The first-order valence-corrected chi connectivity index (χ1v) is 12.6. The van der Waals surface area contributed by atoms with E-state index in [0.717, 1.165) is 22.9 Å². The Bertz CT molecular complexity index is 1200. The molecular formula is C25H26BrNO2S. The van der Waals surface area contributed by atoms with Crippen LogP contribution in [0, 0.1) is 18.3 Å². The fourth-order valence-electron chi connectivity index (χ4n) is 5.91. The lowest BCUT2D eigenvalue weighted by molar-refractivity contribution is 0.315. The zero-order chi connectivity index (χ0) is 21.3. The topological polar surface area (TPSA) is 37.4 Å². The molecule has 1 heterocycles. The molecular weight excluding hydrogens is 458 g/mol. The van der Waals surface area contributed by atoms with Gasteiger partial charge in [0.25, 0.3) is 10.0 Å². The average molecular weight is 484 g/mol. The Balaban J connectivity index is 1.62. The van der Waals surface area contributed by atoms with Gasteiger partial charge in [-0.25, -0.2) is 8.42 Å². The first-order chi connectivity index (χ1) is 14.2. The van der Waals surface area contributed by atoms with E-state index in [1.54, 1.807) is 16.4 Å². The third kappa shape index (κ3) is 2.57. The summed E-state index contributed by atoms with van der Waals surface area (Å²) < 4.78 is 29.6. The van der Waals surface area contributed by atoms with Gasteiger partial charge in [0.05, 0.1) is 4.90 Å². The van der Waals surface area contributed by atoms with Gasteiger partial charge >= 0.3 is 0 Å². The first kappa shape index (κ1) is 20.1. The van der Waals surface area contributed by atoms with E-state index in [1.165, 1.54) is 16.7 Å². The number of sulfonamides is 1. The maximum absolute atomic E-state index is 13.4. The highest BCUT2D eigenvalue weighted by Gasteiger charge is 2.77. The van der Waals surface area contributed by atoms with Gasteiger partial charge in [0.1, 0.15) is 0 Å². The predicted molar refractivity (Wildman–Crippen MR) is 124 cm³/mol. The van der Waals surface area contributed by atoms with Crippen LogP contribution in [-0.2, 0) is 15.4 Å². The number of benzene rings is 2. The second-order valence-electron chi connectivity index (χ2n) is 9.18. The second kappa shape index (κ2) is 6.57. The zero-order valence-electron chi connectivity index (χ0n) is 17.5. The minimum atomic E-state index is -3.57. The molecule has 0 N–H and O–H groups in total. The predicted octanol–water partition coefficient (Wildman–Crippen LogP) is 5.96. The summed E-state index contributed by atoms with van der Waals surface area (Å²) in [6, 6.07) is 15.6. The molecule has 1 saturated carbocycles. The number of halogens is 1. The maximum atomic E-state index is 13.4. The standard InChI is InChI=1S/C25H26BrNO2S/c1-17-8-10-20(11-9-17)30(28,29)27-13-12-25(21-6-4-5-7-22(21)26)23-14-18(2)19(3)15-24(23,25)16-27/h4-13,23H,14-16H2,1-3H3/t23-,24-,25-/m0/s1. The Morgan fingerprint density at radius 2 is 1.70 bits per heavy atom. The molecule has 0 radical (unpaired) electrons. The van der Waals surface area contributed by atoms with Crippen molar-refractivity contribution in [2.75, 3.05) is 6.54 Å². The van der Waals surface area contributed by atoms with E-state index >= 15 is 0 Å². The molecule has 156 valence electrons. The van der Waals surface area contributed by atoms with Crippen LogP contribution in [0.1, 0.15) is 37.8 Å². The van der Waals surface area contributed by atoms with Crippen LogP contribution in [0.25, 0.3) is 0 Å². The highest BCUT2D eigenvalue weighted by Crippen LogP contribution is 2.78. The van der Waals surface area contributed by atoms with E-state index < -0.39 is 10.0 Å². The van der Waals surface area contributed by atoms with Gasteiger partial charge in [0.15, 0.2) is 0 Å². The van der Waals surface area contributed by atoms with Crippen molar-refractivity contribution >= 4 is 26.0 Å². The summed E-state index contributed by atoms with van der Waals surface area (Å²) in [6.07, 6.45) is 5.97. The third-order valence-electron chi connectivity index (χ3n) is 7.67. The largest absolute Gasteiger partial charge is 0.273 e. The van der Waals surface area contributed by atoms with E-state index in [4.69, 9.17) is 0 Å². The lowest BCUT2D eigenvalue weighted by atomic mass is 9.79. The molecule has 2 aromatic rings. The first-order valence-electron chi connectivity index (χ1n) is 10.4. The van der Waals surface area contributed by atoms with E-state index in [0.29, 0.717) is 17.4 Å². The van der Waals surface area contributed by atoms with Crippen molar-refractivity contribution in [3.05, 3.63) is 87.6 Å². The van der Waals surface area contributed by atoms with Crippen LogP contribution in [0.15, 0.2) is 81.3 Å². The molecule has 0 saturated heterocycles. The monoisotopic (exact) mass is 483 g/mol. The van der Waals surface area contributed by atoms with Crippen molar-refractivity contribution in [3.63, 3.8) is 0 Å². The molecule has 1 spiro atoms. The van der Waals surface area contributed by atoms with Gasteiger partial charge in [-0.2, -0.15) is 0 Å². The molecule has 0 aromatic heterocycles. The number of aryl methyl sites for hydroxylation is 1. The zero-order valence-corrected chi connectivity index (χ0v) is 19.9. The van der Waals surface area contributed by atoms with Gasteiger partial charge in [-0.15, -0.1) is 0 Å². The summed E-state index contributed by atoms with van der Waals surface area (Å²) in [4.78, 5) is 0.360. The molecule has 0 unspecified atom stereocenters. The quantitative estimate of drug-likeness (QED) is 0.505. The smallest absolute Gasteiger partial charge is 0.263 e. The van der Waals surface area contributed by atoms with Crippen LogP contribution >= 0.6 is 15.9 Å². The molecule has 3 aliphatic rings. The SMILES string of the molecule is CC1=C(C)C[C@@]23CN(S(=O)(=O)c4ccc(C)cc4)C=C[C@]2(c2ccccc2Br)[C@H]3C1. The van der Waals surface area contributed by atoms with Crippen LogP contribution in [0.5, 0.6) is 0 Å². The molecule has 0 amide bonds. The van der Waals surface area contributed by atoms with Gasteiger partial charge in [0, 0.05) is 28.0 Å². The summed E-state index contributed by atoms with van der Waals surface area (Å²) in [7, 11) is -3.57. The molecule has 1 fully saturated rings. The van der Waals surface area contributed by atoms with E-state index in [9.17, 15) is 8.42 Å². The van der Waals surface area contributed by atoms with Crippen LogP contribution in [0.4, 0.5) is 0 Å². The van der Waals surface area contributed by atoms with Crippen molar-refractivity contribution < 1.29 is 8.42 Å². The van der Waals surface area contributed by atoms with Gasteiger partial charge in [-0.05, 0) is 63.3 Å². The molecule has 3 nitrogen and oxygen atoms in total. The molecule has 3 atom stereocenters. The van der Waals surface area contributed by atoms with Gasteiger partial charge in [0.2, 0.25) is 0 Å². The summed E-state index contributed by atoms with van der Waals surface area (Å²) >= 11 is 3.77. The molecule has 2 aliphatic carbocycles. The Morgan fingerprint density at radius 1 is 1.00 bits per heavy atom. The van der Waals surface area contributed by atoms with Crippen LogP contribution in [-0.4, -0.2) is 19.3 Å². The van der Waals surface area contributed by atoms with Crippen LogP contribution in [0.2, 0.25) is 0 Å². The second-order valence-corrected chi connectivity index (χ2v) is 11.9. The summed E-state index contributed by atoms with van der Waals surface area (Å²) in [5.74, 6) is 0.418. The minimum Gasteiger partial charge on any atom is -0.273 e. The van der Waals surface area contributed by atoms with E-state index in [-0.39, 0.29) is 10.8 Å². The van der Waals surface area contributed by atoms with Crippen LogP contribution < -0.4 is 0 Å². The third-order valence-corrected chi connectivity index (χ3v) is 10.1. The normalized spacial score (nSPS) is 30.1.